The van der Waals surface area contributed by atoms with Gasteiger partial charge < -0.3 is 15.4 Å². The molecule has 29 heavy (non-hydrogen) atoms. The van der Waals surface area contributed by atoms with Crippen LogP contribution in [0, 0.1) is 12.8 Å². The van der Waals surface area contributed by atoms with Crippen LogP contribution in [0.5, 0.6) is 0 Å². The van der Waals surface area contributed by atoms with E-state index in [2.05, 4.69) is 22.8 Å². The molecule has 0 aromatic heterocycles. The lowest BCUT2D eigenvalue weighted by Gasteiger charge is -2.29. The number of benzene rings is 1. The summed E-state index contributed by atoms with van der Waals surface area (Å²) in [6.07, 6.45) is 7.85. The highest BCUT2D eigenvalue weighted by atomic mass is 35.5. The van der Waals surface area contributed by atoms with Crippen molar-refractivity contribution >= 4 is 24.3 Å². The number of halogens is 1. The van der Waals surface area contributed by atoms with Crippen molar-refractivity contribution in [3.8, 4) is 0 Å². The number of carbonyl (C=O) groups excluding carboxylic acids is 2. The molecule has 1 saturated carbocycles. The molecule has 1 aliphatic carbocycles. The predicted octanol–water partition coefficient (Wildman–Crippen LogP) is 4.13. The van der Waals surface area contributed by atoms with Gasteiger partial charge in [-0.1, -0.05) is 12.1 Å². The number of aryl methyl sites for hydroxylation is 1. The van der Waals surface area contributed by atoms with Crippen LogP contribution in [0.2, 0.25) is 0 Å². The second-order valence-electron chi connectivity index (χ2n) is 8.40. The quantitative estimate of drug-likeness (QED) is 0.676. The third-order valence-corrected chi connectivity index (χ3v) is 6.47. The number of amides is 1. The summed E-state index contributed by atoms with van der Waals surface area (Å²) in [5.41, 5.74) is 3.23. The molecule has 0 spiro atoms. The van der Waals surface area contributed by atoms with E-state index in [9.17, 15) is 9.59 Å². The molecule has 2 N–H and O–H groups in total. The van der Waals surface area contributed by atoms with Crippen molar-refractivity contribution in [3.05, 3.63) is 34.9 Å². The van der Waals surface area contributed by atoms with Gasteiger partial charge in [-0.15, -0.1) is 12.4 Å². The minimum atomic E-state index is -0.126. The maximum absolute atomic E-state index is 12.8. The van der Waals surface area contributed by atoms with Crippen LogP contribution in [0.15, 0.2) is 18.2 Å². The van der Waals surface area contributed by atoms with Gasteiger partial charge in [-0.2, -0.15) is 0 Å². The zero-order valence-corrected chi connectivity index (χ0v) is 18.5. The molecule has 1 aromatic carbocycles. The first kappa shape index (κ1) is 23.7. The van der Waals surface area contributed by atoms with Crippen molar-refractivity contribution in [2.24, 2.45) is 5.92 Å². The van der Waals surface area contributed by atoms with E-state index in [1.807, 2.05) is 13.0 Å². The number of esters is 1. The maximum atomic E-state index is 12.8. The predicted molar refractivity (Wildman–Crippen MR) is 118 cm³/mol. The van der Waals surface area contributed by atoms with E-state index in [4.69, 9.17) is 4.74 Å². The Kier molecular flexibility index (Phi) is 9.44. The molecular weight excluding hydrogens is 388 g/mol. The van der Waals surface area contributed by atoms with Gasteiger partial charge in [0.2, 0.25) is 0 Å². The van der Waals surface area contributed by atoms with Crippen LogP contribution >= 0.6 is 12.4 Å². The molecule has 2 fully saturated rings. The summed E-state index contributed by atoms with van der Waals surface area (Å²) in [6.45, 7) is 4.20. The maximum Gasteiger partial charge on any atom is 0.305 e. The van der Waals surface area contributed by atoms with Gasteiger partial charge in [-0.25, -0.2) is 0 Å². The first-order valence-corrected chi connectivity index (χ1v) is 10.8. The Bertz CT molecular complexity index is 681. The molecule has 162 valence electrons. The fraction of sp³-hybridized carbons (Fsp3) is 0.652. The standard InChI is InChI=1S/C23H34N2O3.ClH/c1-16-15-19(18-11-13-24-14-12-18)6-9-21(16)23(27)25-20-7-3-17(4-8-20)5-10-22(26)28-2;/h6,9,15,17-18,20,24H,3-5,7-8,10-14H2,1-2H3,(H,25,27);1H/t17-,20-;. The number of nitrogens with one attached hydrogen (secondary N) is 2. The Morgan fingerprint density at radius 3 is 2.41 bits per heavy atom. The third-order valence-electron chi connectivity index (χ3n) is 6.47. The molecule has 0 bridgehead atoms. The van der Waals surface area contributed by atoms with Crippen LogP contribution < -0.4 is 10.6 Å². The largest absolute Gasteiger partial charge is 0.469 e. The lowest BCUT2D eigenvalue weighted by molar-refractivity contribution is -0.141. The molecule has 0 unspecified atom stereocenters. The van der Waals surface area contributed by atoms with Gasteiger partial charge in [-0.3, -0.25) is 9.59 Å². The van der Waals surface area contributed by atoms with Crippen LogP contribution in [0.4, 0.5) is 0 Å². The van der Waals surface area contributed by atoms with E-state index < -0.39 is 0 Å². The van der Waals surface area contributed by atoms with Crippen molar-refractivity contribution < 1.29 is 14.3 Å². The molecule has 1 heterocycles. The summed E-state index contributed by atoms with van der Waals surface area (Å²) < 4.78 is 4.72. The first-order chi connectivity index (χ1) is 13.6. The molecule has 0 radical (unpaired) electrons. The molecule has 0 atom stereocenters. The van der Waals surface area contributed by atoms with Gasteiger partial charge in [-0.05, 0) is 94.0 Å². The molecule has 6 heteroatoms. The number of methoxy groups -OCH3 is 1. The average Bonchev–Trinajstić information content (AvgIpc) is 2.73. The molecule has 5 nitrogen and oxygen atoms in total. The molecular formula is C23H35ClN2O3. The van der Waals surface area contributed by atoms with Gasteiger partial charge in [0, 0.05) is 18.0 Å². The van der Waals surface area contributed by atoms with Crippen LogP contribution in [-0.2, 0) is 9.53 Å². The van der Waals surface area contributed by atoms with E-state index in [0.717, 1.165) is 56.3 Å². The normalized spacial score (nSPS) is 22.4. The Hall–Kier alpha value is -1.59. The van der Waals surface area contributed by atoms with E-state index in [1.165, 1.54) is 25.5 Å². The molecule has 1 amide bonds. The van der Waals surface area contributed by atoms with Gasteiger partial charge >= 0.3 is 5.97 Å². The Labute approximate surface area is 180 Å². The van der Waals surface area contributed by atoms with Crippen LogP contribution in [-0.4, -0.2) is 38.1 Å². The SMILES string of the molecule is COC(=O)CC[C@H]1CC[C@H](NC(=O)c2ccc(C3CCNCC3)cc2C)CC1.Cl. The Morgan fingerprint density at radius 2 is 1.79 bits per heavy atom. The summed E-state index contributed by atoms with van der Waals surface area (Å²) in [4.78, 5) is 24.1. The van der Waals surface area contributed by atoms with E-state index in [-0.39, 0.29) is 30.3 Å². The highest BCUT2D eigenvalue weighted by Gasteiger charge is 2.24. The molecule has 1 saturated heterocycles. The van der Waals surface area contributed by atoms with Crippen molar-refractivity contribution in [1.82, 2.24) is 10.6 Å². The van der Waals surface area contributed by atoms with Crippen molar-refractivity contribution in [3.63, 3.8) is 0 Å². The zero-order valence-electron chi connectivity index (χ0n) is 17.7. The average molecular weight is 423 g/mol. The number of hydrogen-bond donors (Lipinski definition) is 2. The van der Waals surface area contributed by atoms with E-state index >= 15 is 0 Å². The second kappa shape index (κ2) is 11.6. The van der Waals surface area contributed by atoms with Crippen molar-refractivity contribution in [2.75, 3.05) is 20.2 Å². The van der Waals surface area contributed by atoms with Crippen molar-refractivity contribution in [1.29, 1.82) is 0 Å². The van der Waals surface area contributed by atoms with Gasteiger partial charge in [0.25, 0.3) is 5.91 Å². The number of rotatable bonds is 6. The molecule has 1 aromatic rings. The summed E-state index contributed by atoms with van der Waals surface area (Å²) in [7, 11) is 1.44. The number of hydrogen-bond acceptors (Lipinski definition) is 4. The fourth-order valence-electron chi connectivity index (χ4n) is 4.63. The van der Waals surface area contributed by atoms with E-state index in [0.29, 0.717) is 18.3 Å². The first-order valence-electron chi connectivity index (χ1n) is 10.8. The molecule has 1 aliphatic heterocycles. The number of piperidine rings is 1. The van der Waals surface area contributed by atoms with Crippen LogP contribution in [0.25, 0.3) is 0 Å². The van der Waals surface area contributed by atoms with Gasteiger partial charge in [0.05, 0.1) is 7.11 Å². The summed E-state index contributed by atoms with van der Waals surface area (Å²) >= 11 is 0. The highest BCUT2D eigenvalue weighted by molar-refractivity contribution is 5.95. The minimum Gasteiger partial charge on any atom is -0.469 e. The van der Waals surface area contributed by atoms with Gasteiger partial charge in [0.15, 0.2) is 0 Å². The molecule has 2 aliphatic rings. The topological polar surface area (TPSA) is 67.4 Å². The van der Waals surface area contributed by atoms with Crippen molar-refractivity contribution in [2.45, 2.75) is 70.3 Å². The number of ether oxygens (including phenoxy) is 1. The second-order valence-corrected chi connectivity index (χ2v) is 8.40. The zero-order chi connectivity index (χ0) is 19.9. The third kappa shape index (κ3) is 6.71. The highest BCUT2D eigenvalue weighted by Crippen LogP contribution is 2.29. The number of carbonyl (C=O) groups is 2. The lowest BCUT2D eigenvalue weighted by atomic mass is 9.83. The van der Waals surface area contributed by atoms with Crippen LogP contribution in [0.1, 0.15) is 78.8 Å². The van der Waals surface area contributed by atoms with E-state index in [1.54, 1.807) is 0 Å². The summed E-state index contributed by atoms with van der Waals surface area (Å²) in [6, 6.07) is 6.59. The van der Waals surface area contributed by atoms with Gasteiger partial charge in [0.1, 0.15) is 0 Å². The fourth-order valence-corrected chi connectivity index (χ4v) is 4.63. The Balaban J connectivity index is 0.00000300. The monoisotopic (exact) mass is 422 g/mol. The molecule has 3 rings (SSSR count). The van der Waals surface area contributed by atoms with Crippen LogP contribution in [0.3, 0.4) is 0 Å². The summed E-state index contributed by atoms with van der Waals surface area (Å²) in [5, 5.41) is 6.64. The summed E-state index contributed by atoms with van der Waals surface area (Å²) in [5.74, 6) is 1.10. The Morgan fingerprint density at radius 1 is 1.10 bits per heavy atom. The smallest absolute Gasteiger partial charge is 0.305 e. The minimum absolute atomic E-state index is 0. The lowest BCUT2D eigenvalue weighted by Crippen LogP contribution is -2.38.